The quantitative estimate of drug-likeness (QED) is 0.410. The molecule has 0 saturated heterocycles. The fourth-order valence-corrected chi connectivity index (χ4v) is 1.07. The normalized spacial score (nSPS) is 13.1. The van der Waals surface area contributed by atoms with E-state index in [9.17, 15) is 0 Å². The van der Waals surface area contributed by atoms with Crippen molar-refractivity contribution in [3.8, 4) is 0 Å². The molecule has 0 saturated carbocycles. The van der Waals surface area contributed by atoms with E-state index in [-0.39, 0.29) is 0 Å². The Kier molecular flexibility index (Phi) is 4.55. The standard InChI is InChI=1S/C6H14O3Si/c1-7-6(8-2,9-3)4-5-10/h4-5H,1-3,10H3. The molecule has 0 aliphatic carbocycles. The Hall–Kier alpha value is -0.163. The van der Waals surface area contributed by atoms with Crippen LogP contribution in [0.4, 0.5) is 0 Å². The second-order valence-corrected chi connectivity index (χ2v) is 2.38. The molecule has 0 fully saturated rings. The van der Waals surface area contributed by atoms with Crippen LogP contribution in [0, 0.1) is 0 Å². The first kappa shape index (κ1) is 9.84. The number of ether oxygens (including phenoxy) is 3. The average Bonchev–Trinajstić information content (AvgIpc) is 2.01. The Morgan fingerprint density at radius 3 is 1.60 bits per heavy atom. The maximum atomic E-state index is 4.97. The van der Waals surface area contributed by atoms with E-state index < -0.39 is 5.97 Å². The molecule has 3 nitrogen and oxygen atoms in total. The van der Waals surface area contributed by atoms with Crippen LogP contribution < -0.4 is 0 Å². The third kappa shape index (κ3) is 2.22. The minimum Gasteiger partial charge on any atom is -0.327 e. The Morgan fingerprint density at radius 2 is 1.50 bits per heavy atom. The number of hydrogen-bond acceptors (Lipinski definition) is 3. The van der Waals surface area contributed by atoms with Crippen LogP contribution in [0.15, 0.2) is 11.8 Å². The van der Waals surface area contributed by atoms with Crippen LogP contribution in [0.2, 0.25) is 0 Å². The molecule has 0 rings (SSSR count). The first-order valence-corrected chi connectivity index (χ1v) is 4.19. The Labute approximate surface area is 64.4 Å². The summed E-state index contributed by atoms with van der Waals surface area (Å²) in [5.41, 5.74) is 1.94. The summed E-state index contributed by atoms with van der Waals surface area (Å²) < 4.78 is 14.9. The third-order valence-electron chi connectivity index (χ3n) is 1.22. The smallest absolute Gasteiger partial charge is 0.303 e. The average molecular weight is 162 g/mol. The molecule has 0 bridgehead atoms. The highest BCUT2D eigenvalue weighted by molar-refractivity contribution is 6.17. The van der Waals surface area contributed by atoms with Gasteiger partial charge in [0.1, 0.15) is 0 Å². The topological polar surface area (TPSA) is 27.7 Å². The predicted molar refractivity (Wildman–Crippen MR) is 42.8 cm³/mol. The van der Waals surface area contributed by atoms with Crippen molar-refractivity contribution < 1.29 is 14.2 Å². The van der Waals surface area contributed by atoms with Gasteiger partial charge >= 0.3 is 5.97 Å². The highest BCUT2D eigenvalue weighted by Gasteiger charge is 2.24. The molecule has 10 heavy (non-hydrogen) atoms. The summed E-state index contributed by atoms with van der Waals surface area (Å²) in [5.74, 6) is -0.970. The minimum absolute atomic E-state index is 0.963. The molecule has 0 aromatic heterocycles. The van der Waals surface area contributed by atoms with Gasteiger partial charge in [-0.1, -0.05) is 0 Å². The monoisotopic (exact) mass is 162 g/mol. The zero-order chi connectivity index (χ0) is 8.04. The van der Waals surface area contributed by atoms with Crippen molar-refractivity contribution in [2.24, 2.45) is 0 Å². The number of rotatable bonds is 4. The fraction of sp³-hybridized carbons (Fsp3) is 0.667. The van der Waals surface area contributed by atoms with Crippen molar-refractivity contribution in [2.75, 3.05) is 21.3 Å². The summed E-state index contributed by atoms with van der Waals surface area (Å²) in [6.45, 7) is 0. The van der Waals surface area contributed by atoms with E-state index in [0.29, 0.717) is 0 Å². The van der Waals surface area contributed by atoms with Gasteiger partial charge in [-0.25, -0.2) is 0 Å². The predicted octanol–water partition coefficient (Wildman–Crippen LogP) is -0.542. The third-order valence-corrected chi connectivity index (χ3v) is 1.56. The van der Waals surface area contributed by atoms with E-state index in [1.54, 1.807) is 6.08 Å². The molecule has 0 radical (unpaired) electrons. The summed E-state index contributed by atoms with van der Waals surface area (Å²) >= 11 is 0. The van der Waals surface area contributed by atoms with Gasteiger partial charge in [-0.05, 0) is 6.08 Å². The molecule has 0 aromatic rings. The van der Waals surface area contributed by atoms with E-state index in [0.717, 1.165) is 10.2 Å². The van der Waals surface area contributed by atoms with E-state index in [2.05, 4.69) is 0 Å². The zero-order valence-corrected chi connectivity index (χ0v) is 8.88. The molecule has 0 aliphatic heterocycles. The molecular formula is C6H14O3Si. The van der Waals surface area contributed by atoms with Crippen LogP contribution in [-0.2, 0) is 14.2 Å². The van der Waals surface area contributed by atoms with Crippen molar-refractivity contribution in [3.63, 3.8) is 0 Å². The maximum absolute atomic E-state index is 4.97. The van der Waals surface area contributed by atoms with E-state index in [1.165, 1.54) is 21.3 Å². The van der Waals surface area contributed by atoms with Gasteiger partial charge in [0.15, 0.2) is 0 Å². The molecule has 60 valence electrons. The number of hydrogen-bond donors (Lipinski definition) is 0. The van der Waals surface area contributed by atoms with Crippen molar-refractivity contribution in [2.45, 2.75) is 5.97 Å². The van der Waals surface area contributed by atoms with Crippen LogP contribution in [-0.4, -0.2) is 37.5 Å². The van der Waals surface area contributed by atoms with Crippen LogP contribution in [0.1, 0.15) is 0 Å². The first-order chi connectivity index (χ1) is 4.74. The van der Waals surface area contributed by atoms with Gasteiger partial charge in [0.2, 0.25) is 0 Å². The molecule has 0 aromatic carbocycles. The van der Waals surface area contributed by atoms with Gasteiger partial charge in [0.25, 0.3) is 0 Å². The van der Waals surface area contributed by atoms with Crippen molar-refractivity contribution in [1.29, 1.82) is 0 Å². The Morgan fingerprint density at radius 1 is 1.10 bits per heavy atom. The summed E-state index contributed by atoms with van der Waals surface area (Å²) in [4.78, 5) is 0. The molecule has 4 heteroatoms. The number of methoxy groups -OCH3 is 3. The van der Waals surface area contributed by atoms with Gasteiger partial charge in [-0.2, -0.15) is 0 Å². The minimum atomic E-state index is -0.970. The molecule has 0 heterocycles. The lowest BCUT2D eigenvalue weighted by Crippen LogP contribution is -2.33. The van der Waals surface area contributed by atoms with E-state index in [4.69, 9.17) is 14.2 Å². The van der Waals surface area contributed by atoms with Crippen LogP contribution in [0.5, 0.6) is 0 Å². The van der Waals surface area contributed by atoms with Crippen LogP contribution in [0.25, 0.3) is 0 Å². The fourth-order valence-electron chi connectivity index (χ4n) is 0.658. The van der Waals surface area contributed by atoms with E-state index in [1.807, 2.05) is 5.70 Å². The second-order valence-electron chi connectivity index (χ2n) is 1.72. The summed E-state index contributed by atoms with van der Waals surface area (Å²) in [6.07, 6.45) is 1.75. The molecule has 0 atom stereocenters. The second kappa shape index (κ2) is 4.62. The highest BCUT2D eigenvalue weighted by atomic mass is 28.1. The molecule has 0 aliphatic rings. The lowest BCUT2D eigenvalue weighted by molar-refractivity contribution is -0.318. The van der Waals surface area contributed by atoms with Gasteiger partial charge in [0.05, 0.1) is 0 Å². The SMILES string of the molecule is COC(C=C[SiH3])(OC)OC. The van der Waals surface area contributed by atoms with Gasteiger partial charge < -0.3 is 14.2 Å². The summed E-state index contributed by atoms with van der Waals surface area (Å²) in [5, 5.41) is 0. The van der Waals surface area contributed by atoms with Crippen LogP contribution >= 0.6 is 0 Å². The molecular weight excluding hydrogens is 148 g/mol. The Balaban J connectivity index is 4.15. The van der Waals surface area contributed by atoms with Crippen molar-refractivity contribution >= 4 is 10.2 Å². The molecule has 0 N–H and O–H groups in total. The van der Waals surface area contributed by atoms with Gasteiger partial charge in [-0.3, -0.25) is 0 Å². The van der Waals surface area contributed by atoms with Gasteiger partial charge in [0, 0.05) is 31.6 Å². The molecule has 0 spiro atoms. The lowest BCUT2D eigenvalue weighted by Gasteiger charge is -2.24. The summed E-state index contributed by atoms with van der Waals surface area (Å²) in [6, 6.07) is 0. The maximum Gasteiger partial charge on any atom is 0.303 e. The highest BCUT2D eigenvalue weighted by Crippen LogP contribution is 2.12. The lowest BCUT2D eigenvalue weighted by atomic mass is 10.5. The van der Waals surface area contributed by atoms with Crippen molar-refractivity contribution in [1.82, 2.24) is 0 Å². The molecule has 0 amide bonds. The van der Waals surface area contributed by atoms with Gasteiger partial charge in [-0.15, -0.1) is 5.70 Å². The Bertz CT molecular complexity index is 101. The largest absolute Gasteiger partial charge is 0.327 e. The van der Waals surface area contributed by atoms with Crippen LogP contribution in [0.3, 0.4) is 0 Å². The van der Waals surface area contributed by atoms with Crippen molar-refractivity contribution in [3.05, 3.63) is 11.8 Å². The summed E-state index contributed by atoms with van der Waals surface area (Å²) in [7, 11) is 5.57. The molecule has 0 unspecified atom stereocenters. The zero-order valence-electron chi connectivity index (χ0n) is 6.88. The van der Waals surface area contributed by atoms with E-state index >= 15 is 0 Å². The first-order valence-electron chi connectivity index (χ1n) is 3.04.